The molecular weight excluding hydrogens is 248 g/mol. The predicted octanol–water partition coefficient (Wildman–Crippen LogP) is 3.47. The number of piperidine rings is 3. The Kier molecular flexibility index (Phi) is 2.88. The highest BCUT2D eigenvalue weighted by Crippen LogP contribution is 2.35. The quantitative estimate of drug-likeness (QED) is 0.797. The SMILES string of the molecule is c1ccc(-c2cc(C[N+]34CCC(CC3)CC4)no2)cc1. The Morgan fingerprint density at radius 3 is 2.45 bits per heavy atom. The van der Waals surface area contributed by atoms with Gasteiger partial charge in [0.1, 0.15) is 12.2 Å². The molecule has 3 aliphatic rings. The molecule has 1 aromatic heterocycles. The normalized spacial score (nSPS) is 28.7. The van der Waals surface area contributed by atoms with Crippen molar-refractivity contribution in [3.63, 3.8) is 0 Å². The number of aromatic nitrogens is 1. The Bertz CT molecular complexity index is 568. The zero-order chi connectivity index (χ0) is 13.4. The van der Waals surface area contributed by atoms with Gasteiger partial charge < -0.3 is 9.01 Å². The summed E-state index contributed by atoms with van der Waals surface area (Å²) < 4.78 is 6.77. The van der Waals surface area contributed by atoms with E-state index < -0.39 is 0 Å². The molecule has 3 saturated heterocycles. The molecule has 20 heavy (non-hydrogen) atoms. The molecule has 0 aliphatic carbocycles. The largest absolute Gasteiger partial charge is 0.356 e. The molecule has 104 valence electrons. The summed E-state index contributed by atoms with van der Waals surface area (Å²) in [5.41, 5.74) is 2.23. The molecule has 5 rings (SSSR count). The molecule has 3 heteroatoms. The number of benzene rings is 1. The number of fused-ring (bicyclic) bond motifs is 3. The van der Waals surface area contributed by atoms with Gasteiger partial charge in [0.15, 0.2) is 5.76 Å². The molecule has 0 N–H and O–H groups in total. The van der Waals surface area contributed by atoms with E-state index in [9.17, 15) is 0 Å². The van der Waals surface area contributed by atoms with Gasteiger partial charge in [-0.2, -0.15) is 0 Å². The first kappa shape index (κ1) is 12.2. The third kappa shape index (κ3) is 2.16. The van der Waals surface area contributed by atoms with Gasteiger partial charge in [-0.25, -0.2) is 0 Å². The summed E-state index contributed by atoms with van der Waals surface area (Å²) >= 11 is 0. The molecule has 1 aromatic carbocycles. The average Bonchev–Trinajstić information content (AvgIpc) is 2.98. The Balaban J connectivity index is 1.54. The van der Waals surface area contributed by atoms with Crippen LogP contribution >= 0.6 is 0 Å². The molecule has 3 aliphatic heterocycles. The van der Waals surface area contributed by atoms with E-state index in [1.165, 1.54) is 43.4 Å². The van der Waals surface area contributed by atoms with E-state index in [2.05, 4.69) is 23.4 Å². The van der Waals surface area contributed by atoms with Gasteiger partial charge in [-0.3, -0.25) is 0 Å². The van der Waals surface area contributed by atoms with Crippen molar-refractivity contribution in [2.45, 2.75) is 25.8 Å². The van der Waals surface area contributed by atoms with E-state index in [1.807, 2.05) is 18.2 Å². The van der Waals surface area contributed by atoms with Crippen LogP contribution in [0.3, 0.4) is 0 Å². The third-order valence-corrected chi connectivity index (χ3v) is 5.15. The fourth-order valence-electron chi connectivity index (χ4n) is 3.84. The second-order valence-corrected chi connectivity index (χ2v) is 6.45. The number of hydrogen-bond donors (Lipinski definition) is 0. The number of quaternary nitrogens is 1. The van der Waals surface area contributed by atoms with Crippen LogP contribution in [0.4, 0.5) is 0 Å². The van der Waals surface area contributed by atoms with Crippen molar-refractivity contribution in [1.29, 1.82) is 0 Å². The van der Waals surface area contributed by atoms with Gasteiger partial charge in [-0.1, -0.05) is 35.5 Å². The highest BCUT2D eigenvalue weighted by Gasteiger charge is 2.40. The molecule has 2 bridgehead atoms. The molecular formula is C17H21N2O+. The fourth-order valence-corrected chi connectivity index (χ4v) is 3.84. The summed E-state index contributed by atoms with van der Waals surface area (Å²) in [5.74, 6) is 1.90. The van der Waals surface area contributed by atoms with Gasteiger partial charge in [0.25, 0.3) is 0 Å². The lowest BCUT2D eigenvalue weighted by atomic mass is 9.85. The van der Waals surface area contributed by atoms with Gasteiger partial charge in [0, 0.05) is 11.6 Å². The molecule has 2 aromatic rings. The maximum Gasteiger partial charge on any atom is 0.167 e. The topological polar surface area (TPSA) is 26.0 Å². The molecule has 0 amide bonds. The van der Waals surface area contributed by atoms with Crippen LogP contribution in [-0.4, -0.2) is 29.3 Å². The lowest BCUT2D eigenvalue weighted by molar-refractivity contribution is -0.955. The zero-order valence-electron chi connectivity index (χ0n) is 11.8. The van der Waals surface area contributed by atoms with Crippen molar-refractivity contribution >= 4 is 0 Å². The third-order valence-electron chi connectivity index (χ3n) is 5.15. The number of nitrogens with zero attached hydrogens (tertiary/aromatic N) is 2. The minimum absolute atomic E-state index is 0.894. The van der Waals surface area contributed by atoms with E-state index in [4.69, 9.17) is 4.52 Å². The van der Waals surface area contributed by atoms with Crippen LogP contribution < -0.4 is 0 Å². The predicted molar refractivity (Wildman–Crippen MR) is 77.8 cm³/mol. The second-order valence-electron chi connectivity index (χ2n) is 6.45. The van der Waals surface area contributed by atoms with Crippen LogP contribution in [0.15, 0.2) is 40.9 Å². The summed E-state index contributed by atoms with van der Waals surface area (Å²) in [4.78, 5) is 0. The second kappa shape index (κ2) is 4.74. The first-order valence-electron chi connectivity index (χ1n) is 7.69. The van der Waals surface area contributed by atoms with Crippen LogP contribution in [0.1, 0.15) is 25.0 Å². The van der Waals surface area contributed by atoms with Crippen LogP contribution in [0, 0.1) is 5.92 Å². The minimum atomic E-state index is 0.894. The highest BCUT2D eigenvalue weighted by molar-refractivity contribution is 5.56. The summed E-state index contributed by atoms with van der Waals surface area (Å²) in [6.45, 7) is 5.04. The van der Waals surface area contributed by atoms with E-state index in [0.717, 1.165) is 29.5 Å². The lowest BCUT2D eigenvalue weighted by Crippen LogP contribution is -2.57. The van der Waals surface area contributed by atoms with Crippen LogP contribution in [0.5, 0.6) is 0 Å². The van der Waals surface area contributed by atoms with E-state index in [-0.39, 0.29) is 0 Å². The van der Waals surface area contributed by atoms with Gasteiger partial charge in [-0.05, 0) is 25.2 Å². The first-order chi connectivity index (χ1) is 9.83. The van der Waals surface area contributed by atoms with Crippen molar-refractivity contribution in [3.8, 4) is 11.3 Å². The van der Waals surface area contributed by atoms with Crippen LogP contribution in [0.2, 0.25) is 0 Å². The highest BCUT2D eigenvalue weighted by atomic mass is 16.5. The van der Waals surface area contributed by atoms with Gasteiger partial charge in [0.2, 0.25) is 0 Å². The van der Waals surface area contributed by atoms with Crippen molar-refractivity contribution in [2.75, 3.05) is 19.6 Å². The first-order valence-corrected chi connectivity index (χ1v) is 7.69. The van der Waals surface area contributed by atoms with E-state index in [0.29, 0.717) is 0 Å². The Morgan fingerprint density at radius 2 is 1.75 bits per heavy atom. The monoisotopic (exact) mass is 269 g/mol. The van der Waals surface area contributed by atoms with Gasteiger partial charge in [-0.15, -0.1) is 0 Å². The fraction of sp³-hybridized carbons (Fsp3) is 0.471. The van der Waals surface area contributed by atoms with Gasteiger partial charge in [0.05, 0.1) is 19.6 Å². The van der Waals surface area contributed by atoms with Crippen molar-refractivity contribution < 1.29 is 9.01 Å². The Hall–Kier alpha value is -1.61. The van der Waals surface area contributed by atoms with Crippen molar-refractivity contribution in [3.05, 3.63) is 42.1 Å². The molecule has 3 nitrogen and oxygen atoms in total. The summed E-state index contributed by atoms with van der Waals surface area (Å²) in [7, 11) is 0. The van der Waals surface area contributed by atoms with Crippen molar-refractivity contribution in [1.82, 2.24) is 5.16 Å². The van der Waals surface area contributed by atoms with Crippen LogP contribution in [0.25, 0.3) is 11.3 Å². The molecule has 0 spiro atoms. The maximum atomic E-state index is 5.53. The Morgan fingerprint density at radius 1 is 1.05 bits per heavy atom. The molecule has 0 saturated carbocycles. The minimum Gasteiger partial charge on any atom is -0.356 e. The lowest BCUT2D eigenvalue weighted by Gasteiger charge is -2.48. The molecule has 0 atom stereocenters. The molecule has 3 fully saturated rings. The number of hydrogen-bond acceptors (Lipinski definition) is 2. The van der Waals surface area contributed by atoms with Crippen molar-refractivity contribution in [2.24, 2.45) is 5.92 Å². The summed E-state index contributed by atoms with van der Waals surface area (Å²) in [6.07, 6.45) is 4.22. The van der Waals surface area contributed by atoms with Gasteiger partial charge >= 0.3 is 0 Å². The average molecular weight is 269 g/mol. The summed E-state index contributed by atoms with van der Waals surface area (Å²) in [5, 5.41) is 4.31. The smallest absolute Gasteiger partial charge is 0.167 e. The summed E-state index contributed by atoms with van der Waals surface area (Å²) in [6, 6.07) is 12.4. The zero-order valence-corrected chi connectivity index (χ0v) is 11.8. The molecule has 0 unspecified atom stereocenters. The maximum absolute atomic E-state index is 5.53. The molecule has 0 radical (unpaired) electrons. The standard InChI is InChI=1S/C17H21N2O/c1-2-4-15(5-3-1)17-12-16(18-20-17)13-19-9-6-14(7-10-19)8-11-19/h1-5,12,14H,6-11,13H2/q+1. The number of rotatable bonds is 3. The molecule has 4 heterocycles. The van der Waals surface area contributed by atoms with E-state index in [1.54, 1.807) is 0 Å². The van der Waals surface area contributed by atoms with E-state index >= 15 is 0 Å². The Labute approximate surface area is 119 Å². The van der Waals surface area contributed by atoms with Crippen LogP contribution in [-0.2, 0) is 6.54 Å².